The van der Waals surface area contributed by atoms with Crippen molar-refractivity contribution in [2.75, 3.05) is 0 Å². The lowest BCUT2D eigenvalue weighted by Crippen LogP contribution is -2.51. The first-order valence-corrected chi connectivity index (χ1v) is 17.1. The van der Waals surface area contributed by atoms with Crippen molar-refractivity contribution in [1.29, 1.82) is 0 Å². The van der Waals surface area contributed by atoms with Gasteiger partial charge in [0.25, 0.3) is 16.6 Å². The van der Waals surface area contributed by atoms with Crippen molar-refractivity contribution >= 4 is 16.6 Å². The van der Waals surface area contributed by atoms with Crippen LogP contribution in [0.2, 0.25) is 33.2 Å². The summed E-state index contributed by atoms with van der Waals surface area (Å²) in [4.78, 5) is 0. The van der Waals surface area contributed by atoms with E-state index in [0.29, 0.717) is 33.2 Å². The van der Waals surface area contributed by atoms with Crippen molar-refractivity contribution in [2.24, 2.45) is 0 Å². The monoisotopic (exact) mass is 464 g/mol. The third kappa shape index (κ3) is 5.99. The molecule has 2 nitrogen and oxygen atoms in total. The van der Waals surface area contributed by atoms with Gasteiger partial charge in [-0.2, -0.15) is 0 Å². The summed E-state index contributed by atoms with van der Waals surface area (Å²) in [6.45, 7) is 30.5. The molecule has 1 aromatic rings. The highest BCUT2D eigenvalue weighted by molar-refractivity contribution is 6.78. The second-order valence-corrected chi connectivity index (χ2v) is 22.2. The lowest BCUT2D eigenvalue weighted by atomic mass is 10.1. The predicted octanol–water partition coefficient (Wildman–Crippen LogP) is 9.75. The van der Waals surface area contributed by atoms with Crippen LogP contribution in [-0.2, 0) is 6.42 Å². The molecule has 0 aliphatic carbocycles. The Morgan fingerprint density at radius 3 is 1.06 bits per heavy atom. The average molecular weight is 465 g/mol. The fourth-order valence-corrected chi connectivity index (χ4v) is 16.8. The summed E-state index contributed by atoms with van der Waals surface area (Å²) in [5.74, 6) is 2.06. The third-order valence-corrected chi connectivity index (χ3v) is 19.5. The number of aryl methyl sites for hydroxylation is 1. The van der Waals surface area contributed by atoms with Gasteiger partial charge in [0.1, 0.15) is 11.5 Å². The first-order valence-electron chi connectivity index (χ1n) is 12.8. The topological polar surface area (TPSA) is 18.5 Å². The normalized spacial score (nSPS) is 13.4. The van der Waals surface area contributed by atoms with E-state index in [1.165, 1.54) is 5.56 Å². The van der Waals surface area contributed by atoms with Crippen molar-refractivity contribution < 1.29 is 8.85 Å². The molecule has 1 rings (SSSR count). The molecule has 0 saturated heterocycles. The Labute approximate surface area is 196 Å². The van der Waals surface area contributed by atoms with E-state index in [9.17, 15) is 0 Å². The Hall–Kier alpha value is -0.746. The minimum absolute atomic E-state index is 0.558. The maximum absolute atomic E-state index is 7.08. The van der Waals surface area contributed by atoms with Crippen LogP contribution in [0, 0.1) is 0 Å². The van der Waals surface area contributed by atoms with Crippen molar-refractivity contribution in [3.63, 3.8) is 0 Å². The van der Waals surface area contributed by atoms with Gasteiger partial charge in [-0.25, -0.2) is 0 Å². The number of benzene rings is 1. The number of rotatable bonds is 12. The molecule has 1 aromatic carbocycles. The summed E-state index contributed by atoms with van der Waals surface area (Å²) >= 11 is 0. The SMILES string of the molecule is CCCc1cc(O[Si](C(C)C)(C(C)C)C(C)C)cc(O[Si](C(C)C)(C(C)C)C(C)C)c1. The predicted molar refractivity (Wildman–Crippen MR) is 144 cm³/mol. The molecule has 0 aliphatic rings. The van der Waals surface area contributed by atoms with Crippen molar-refractivity contribution in [2.45, 2.75) is 136 Å². The Kier molecular flexibility index (Phi) is 10.4. The third-order valence-electron chi connectivity index (χ3n) is 7.48. The van der Waals surface area contributed by atoms with E-state index in [2.05, 4.69) is 108 Å². The molecule has 0 aliphatic heterocycles. The van der Waals surface area contributed by atoms with E-state index in [1.54, 1.807) is 0 Å². The first-order chi connectivity index (χ1) is 14.2. The smallest absolute Gasteiger partial charge is 0.258 e. The fourth-order valence-electron chi connectivity index (χ4n) is 6.30. The van der Waals surface area contributed by atoms with Crippen LogP contribution < -0.4 is 8.85 Å². The Balaban J connectivity index is 3.56. The summed E-state index contributed by atoms with van der Waals surface area (Å²) in [6, 6.07) is 6.78. The molecule has 0 heterocycles. The van der Waals surface area contributed by atoms with E-state index in [4.69, 9.17) is 8.85 Å². The zero-order chi connectivity index (χ0) is 24.1. The van der Waals surface area contributed by atoms with Gasteiger partial charge in [-0.1, -0.05) is 96.4 Å². The number of hydrogen-bond donors (Lipinski definition) is 0. The molecule has 0 spiro atoms. The average Bonchev–Trinajstić information content (AvgIpc) is 2.62. The van der Waals surface area contributed by atoms with Gasteiger partial charge >= 0.3 is 0 Å². The van der Waals surface area contributed by atoms with Crippen LogP contribution in [0.1, 0.15) is 102 Å². The molecular weight excluding hydrogens is 412 g/mol. The van der Waals surface area contributed by atoms with Gasteiger partial charge in [-0.3, -0.25) is 0 Å². The molecule has 0 fully saturated rings. The molecule has 0 unspecified atom stereocenters. The van der Waals surface area contributed by atoms with E-state index in [0.717, 1.165) is 24.3 Å². The molecule has 0 radical (unpaired) electrons. The highest BCUT2D eigenvalue weighted by Crippen LogP contribution is 2.46. The van der Waals surface area contributed by atoms with Crippen LogP contribution in [0.3, 0.4) is 0 Å². The fraction of sp³-hybridized carbons (Fsp3) is 0.778. The molecule has 0 bridgehead atoms. The summed E-state index contributed by atoms with van der Waals surface area (Å²) in [5.41, 5.74) is 4.69. The minimum atomic E-state index is -2.01. The molecule has 0 aromatic heterocycles. The van der Waals surface area contributed by atoms with Gasteiger partial charge < -0.3 is 8.85 Å². The minimum Gasteiger partial charge on any atom is -0.543 e. The molecule has 180 valence electrons. The summed E-state index contributed by atoms with van der Waals surface area (Å²) in [5, 5.41) is 0. The van der Waals surface area contributed by atoms with Gasteiger partial charge in [-0.05, 0) is 57.4 Å². The lowest BCUT2D eigenvalue weighted by Gasteiger charge is -2.43. The van der Waals surface area contributed by atoms with Crippen LogP contribution in [0.5, 0.6) is 11.5 Å². The van der Waals surface area contributed by atoms with Gasteiger partial charge in [0.2, 0.25) is 0 Å². The van der Waals surface area contributed by atoms with Gasteiger partial charge in [0, 0.05) is 6.07 Å². The molecule has 0 saturated carbocycles. The quantitative estimate of drug-likeness (QED) is 0.286. The van der Waals surface area contributed by atoms with Crippen LogP contribution in [0.15, 0.2) is 18.2 Å². The van der Waals surface area contributed by atoms with E-state index in [-0.39, 0.29) is 0 Å². The molecule has 0 amide bonds. The summed E-state index contributed by atoms with van der Waals surface area (Å²) < 4.78 is 14.2. The van der Waals surface area contributed by atoms with E-state index < -0.39 is 16.6 Å². The standard InChI is InChI=1S/C27H52O2Si2/c1-14-15-25-16-26(28-30(19(2)3,20(4)5)21(6)7)18-27(17-25)29-31(22(8)9,23(10)11)24(12)13/h16-24H,14-15H2,1-13H3. The van der Waals surface area contributed by atoms with E-state index in [1.807, 2.05) is 0 Å². The molecule has 4 heteroatoms. The van der Waals surface area contributed by atoms with Gasteiger partial charge in [-0.15, -0.1) is 0 Å². The summed E-state index contributed by atoms with van der Waals surface area (Å²) in [6.07, 6.45) is 2.19. The Morgan fingerprint density at radius 1 is 0.548 bits per heavy atom. The molecule has 0 atom stereocenters. The lowest BCUT2D eigenvalue weighted by molar-refractivity contribution is 0.460. The van der Waals surface area contributed by atoms with Gasteiger partial charge in [0.05, 0.1) is 0 Å². The highest BCUT2D eigenvalue weighted by Gasteiger charge is 2.48. The highest BCUT2D eigenvalue weighted by atomic mass is 28.4. The van der Waals surface area contributed by atoms with Crippen molar-refractivity contribution in [3.05, 3.63) is 23.8 Å². The zero-order valence-corrected chi connectivity index (χ0v) is 24.9. The van der Waals surface area contributed by atoms with Crippen LogP contribution >= 0.6 is 0 Å². The Bertz CT molecular complexity index is 582. The van der Waals surface area contributed by atoms with Crippen LogP contribution in [0.25, 0.3) is 0 Å². The second kappa shape index (κ2) is 11.4. The second-order valence-electron chi connectivity index (χ2n) is 11.4. The maximum atomic E-state index is 7.08. The molecule has 31 heavy (non-hydrogen) atoms. The van der Waals surface area contributed by atoms with Crippen LogP contribution in [-0.4, -0.2) is 16.6 Å². The van der Waals surface area contributed by atoms with Crippen molar-refractivity contribution in [3.8, 4) is 11.5 Å². The number of hydrogen-bond acceptors (Lipinski definition) is 2. The van der Waals surface area contributed by atoms with Gasteiger partial charge in [0.15, 0.2) is 0 Å². The summed E-state index contributed by atoms with van der Waals surface area (Å²) in [7, 11) is -4.01. The van der Waals surface area contributed by atoms with E-state index >= 15 is 0 Å². The van der Waals surface area contributed by atoms with Crippen LogP contribution in [0.4, 0.5) is 0 Å². The molecule has 0 N–H and O–H groups in total. The maximum Gasteiger partial charge on any atom is 0.258 e. The largest absolute Gasteiger partial charge is 0.543 e. The zero-order valence-electron chi connectivity index (χ0n) is 22.9. The Morgan fingerprint density at radius 2 is 0.839 bits per heavy atom. The molecular formula is C27H52O2Si2. The first kappa shape index (κ1) is 28.3. The van der Waals surface area contributed by atoms with Crippen molar-refractivity contribution in [1.82, 2.24) is 0 Å².